The number of phenols is 6. The van der Waals surface area contributed by atoms with E-state index in [-0.39, 0.29) is 35.5 Å². The van der Waals surface area contributed by atoms with Gasteiger partial charge in [-0.25, -0.2) is 0 Å². The Morgan fingerprint density at radius 3 is 2.16 bits per heavy atom. The summed E-state index contributed by atoms with van der Waals surface area (Å²) >= 11 is 0. The number of rotatable bonds is 8. The minimum Gasteiger partial charge on any atom is -0.508 e. The predicted molar refractivity (Wildman–Crippen MR) is 151 cm³/mol. The highest BCUT2D eigenvalue weighted by Crippen LogP contribution is 2.39. The van der Waals surface area contributed by atoms with E-state index in [4.69, 9.17) is 18.6 Å². The van der Waals surface area contributed by atoms with E-state index >= 15 is 0 Å². The smallest absolute Gasteiger partial charge is 0.306 e. The lowest BCUT2D eigenvalue weighted by Gasteiger charge is -2.39. The van der Waals surface area contributed by atoms with Crippen LogP contribution in [0.5, 0.6) is 40.2 Å². The van der Waals surface area contributed by atoms with Gasteiger partial charge < -0.3 is 64.6 Å². The summed E-state index contributed by atoms with van der Waals surface area (Å²) in [6.07, 6.45) is -9.02. The first-order valence-electron chi connectivity index (χ1n) is 13.4. The Morgan fingerprint density at radius 2 is 1.47 bits per heavy atom. The lowest BCUT2D eigenvalue weighted by atomic mass is 9.99. The highest BCUT2D eigenvalue weighted by Gasteiger charge is 2.46. The molecule has 0 spiro atoms. The number of aliphatic hydroxyl groups is 3. The minimum absolute atomic E-state index is 0.0274. The van der Waals surface area contributed by atoms with E-state index in [1.54, 1.807) is 0 Å². The number of benzene rings is 3. The number of fused-ring (bicyclic) bond motifs is 1. The molecule has 0 unspecified atom stereocenters. The summed E-state index contributed by atoms with van der Waals surface area (Å²) in [7, 11) is 0. The van der Waals surface area contributed by atoms with Gasteiger partial charge in [0, 0.05) is 24.1 Å². The summed E-state index contributed by atoms with van der Waals surface area (Å²) in [5.74, 6) is -4.75. The number of aliphatic hydroxyl groups excluding tert-OH is 3. The molecule has 1 aromatic heterocycles. The van der Waals surface area contributed by atoms with Gasteiger partial charge in [0.25, 0.3) is 0 Å². The molecule has 0 radical (unpaired) electrons. The van der Waals surface area contributed by atoms with E-state index in [0.717, 1.165) is 24.3 Å². The maximum absolute atomic E-state index is 13.6. The van der Waals surface area contributed by atoms with Crippen LogP contribution in [0, 0.1) is 0 Å². The molecule has 3 aromatic carbocycles. The molecule has 15 heteroatoms. The van der Waals surface area contributed by atoms with Crippen LogP contribution in [0.4, 0.5) is 0 Å². The van der Waals surface area contributed by atoms with Crippen molar-refractivity contribution in [1.82, 2.24) is 0 Å². The molecule has 238 valence electrons. The fourth-order valence-corrected chi connectivity index (χ4v) is 4.72. The van der Waals surface area contributed by atoms with E-state index in [0.29, 0.717) is 5.56 Å². The first-order chi connectivity index (χ1) is 21.3. The molecule has 9 N–H and O–H groups in total. The first kappa shape index (κ1) is 31.2. The van der Waals surface area contributed by atoms with Crippen LogP contribution in [0.25, 0.3) is 22.3 Å². The standard InChI is InChI=1S/C30H28O15/c31-14-9-19(36)23-20(10-14)43-28(13-3-5-16(33)18(35)8-13)29(25(23)39)45-30-27(41)26(40)24(38)21(44-30)11-42-22(37)6-2-12-1-4-15(32)17(34)7-12/h1,3-5,7-10,21,24,26-27,30-36,38,40-41H,2,6,11H2/t21-,24-,26+,27-,30+/m0/s1. The zero-order chi connectivity index (χ0) is 32.6. The van der Waals surface area contributed by atoms with Crippen LogP contribution < -0.4 is 10.2 Å². The lowest BCUT2D eigenvalue weighted by molar-refractivity contribution is -0.278. The van der Waals surface area contributed by atoms with Gasteiger partial charge in [-0.05, 0) is 42.3 Å². The highest BCUT2D eigenvalue weighted by molar-refractivity contribution is 5.88. The fraction of sp³-hybridized carbons (Fsp3) is 0.267. The van der Waals surface area contributed by atoms with Crippen LogP contribution in [-0.4, -0.2) is 89.2 Å². The molecule has 1 fully saturated rings. The molecular weight excluding hydrogens is 600 g/mol. The van der Waals surface area contributed by atoms with E-state index in [1.165, 1.54) is 24.3 Å². The van der Waals surface area contributed by atoms with Crippen LogP contribution >= 0.6 is 0 Å². The normalized spacial score (nSPS) is 21.4. The topological polar surface area (TPSA) is 257 Å². The van der Waals surface area contributed by atoms with Crippen LogP contribution in [0.1, 0.15) is 12.0 Å². The number of ether oxygens (including phenoxy) is 3. The summed E-state index contributed by atoms with van der Waals surface area (Å²) in [4.78, 5) is 25.9. The number of phenolic OH excluding ortho intramolecular Hbond substituents is 6. The van der Waals surface area contributed by atoms with Crippen LogP contribution in [0.2, 0.25) is 0 Å². The largest absolute Gasteiger partial charge is 0.508 e. The molecule has 2 heterocycles. The van der Waals surface area contributed by atoms with Crippen molar-refractivity contribution in [2.45, 2.75) is 43.5 Å². The van der Waals surface area contributed by atoms with Crippen LogP contribution in [0.15, 0.2) is 57.7 Å². The van der Waals surface area contributed by atoms with Crippen molar-refractivity contribution in [3.05, 3.63) is 64.3 Å². The van der Waals surface area contributed by atoms with Crippen molar-refractivity contribution in [2.75, 3.05) is 6.61 Å². The summed E-state index contributed by atoms with van der Waals surface area (Å²) in [5, 5.41) is 90.3. The number of carbonyl (C=O) groups excluding carboxylic acids is 1. The Morgan fingerprint density at radius 1 is 0.778 bits per heavy atom. The molecule has 5 atom stereocenters. The molecule has 0 aliphatic carbocycles. The Hall–Kier alpha value is -5.22. The number of esters is 1. The molecule has 5 rings (SSSR count). The molecule has 1 aliphatic heterocycles. The quantitative estimate of drug-likeness (QED) is 0.0976. The van der Waals surface area contributed by atoms with Gasteiger partial charge in [-0.2, -0.15) is 0 Å². The van der Waals surface area contributed by atoms with Gasteiger partial charge in [0.15, 0.2) is 28.8 Å². The Kier molecular flexibility index (Phi) is 8.61. The molecule has 0 bridgehead atoms. The van der Waals surface area contributed by atoms with Crippen LogP contribution in [0.3, 0.4) is 0 Å². The summed E-state index contributed by atoms with van der Waals surface area (Å²) in [6, 6.07) is 9.28. The van der Waals surface area contributed by atoms with E-state index in [1.807, 2.05) is 0 Å². The van der Waals surface area contributed by atoms with E-state index in [2.05, 4.69) is 0 Å². The van der Waals surface area contributed by atoms with Crippen molar-refractivity contribution in [3.8, 4) is 51.6 Å². The molecular formula is C30H28O15. The molecule has 1 aliphatic rings. The summed E-state index contributed by atoms with van der Waals surface area (Å²) in [6.45, 7) is -0.616. The van der Waals surface area contributed by atoms with Gasteiger partial charge in [-0.3, -0.25) is 9.59 Å². The van der Waals surface area contributed by atoms with Crippen molar-refractivity contribution < 1.29 is 69.4 Å². The zero-order valence-corrected chi connectivity index (χ0v) is 23.1. The molecule has 0 saturated carbocycles. The molecule has 1 saturated heterocycles. The van der Waals surface area contributed by atoms with E-state index < -0.39 is 88.6 Å². The number of hydrogen-bond acceptors (Lipinski definition) is 15. The zero-order valence-electron chi connectivity index (χ0n) is 23.1. The average Bonchev–Trinajstić information content (AvgIpc) is 2.99. The van der Waals surface area contributed by atoms with Gasteiger partial charge in [-0.1, -0.05) is 6.07 Å². The maximum Gasteiger partial charge on any atom is 0.306 e. The third-order valence-electron chi connectivity index (χ3n) is 7.12. The van der Waals surface area contributed by atoms with Gasteiger partial charge in [0.05, 0.1) is 0 Å². The molecule has 4 aromatic rings. The monoisotopic (exact) mass is 628 g/mol. The van der Waals surface area contributed by atoms with Crippen LogP contribution in [-0.2, 0) is 20.7 Å². The van der Waals surface area contributed by atoms with Gasteiger partial charge >= 0.3 is 5.97 Å². The van der Waals surface area contributed by atoms with Gasteiger partial charge in [0.2, 0.25) is 17.5 Å². The second kappa shape index (κ2) is 12.4. The SMILES string of the molecule is O=C(CCc1ccc(O)c(O)c1)OC[C@@H]1O[C@H](Oc2c(-c3ccc(O)c(O)c3)oc3cc(O)cc(O)c3c2=O)[C@@H](O)[C@H](O)[C@H]1O. The Labute approximate surface area is 252 Å². The number of hydrogen-bond donors (Lipinski definition) is 9. The third kappa shape index (κ3) is 6.37. The van der Waals surface area contributed by atoms with Crippen molar-refractivity contribution in [3.63, 3.8) is 0 Å². The first-order valence-corrected chi connectivity index (χ1v) is 13.4. The lowest BCUT2D eigenvalue weighted by Crippen LogP contribution is -2.60. The molecule has 45 heavy (non-hydrogen) atoms. The second-order valence-electron chi connectivity index (χ2n) is 10.3. The average molecular weight is 629 g/mol. The fourth-order valence-electron chi connectivity index (χ4n) is 4.72. The Balaban J connectivity index is 1.40. The van der Waals surface area contributed by atoms with Crippen molar-refractivity contribution in [1.29, 1.82) is 0 Å². The summed E-state index contributed by atoms with van der Waals surface area (Å²) in [5.41, 5.74) is -0.812. The maximum atomic E-state index is 13.6. The van der Waals surface area contributed by atoms with Gasteiger partial charge in [0.1, 0.15) is 53.5 Å². The number of carbonyl (C=O) groups is 1. The highest BCUT2D eigenvalue weighted by atomic mass is 16.7. The molecule has 15 nitrogen and oxygen atoms in total. The van der Waals surface area contributed by atoms with Gasteiger partial charge in [-0.15, -0.1) is 0 Å². The Bertz CT molecular complexity index is 1800. The number of aryl methyl sites for hydroxylation is 1. The van der Waals surface area contributed by atoms with E-state index in [9.17, 15) is 55.5 Å². The van der Waals surface area contributed by atoms with Crippen molar-refractivity contribution >= 4 is 16.9 Å². The number of aromatic hydroxyl groups is 6. The third-order valence-corrected chi connectivity index (χ3v) is 7.12. The second-order valence-corrected chi connectivity index (χ2v) is 10.3. The molecule has 0 amide bonds. The minimum atomic E-state index is -1.96. The van der Waals surface area contributed by atoms with Crippen molar-refractivity contribution in [2.24, 2.45) is 0 Å². The predicted octanol–water partition coefficient (Wildman–Crippen LogP) is 1.06. The summed E-state index contributed by atoms with van der Waals surface area (Å²) < 4.78 is 22.2.